The SMILES string of the molecule is O=C(O)C1(c2ccc3c(c2)CCCO3)CCCCC1. The summed E-state index contributed by atoms with van der Waals surface area (Å²) in [6.45, 7) is 0.774. The third kappa shape index (κ3) is 2.11. The van der Waals surface area contributed by atoms with Crippen molar-refractivity contribution in [3.05, 3.63) is 29.3 Å². The van der Waals surface area contributed by atoms with Crippen molar-refractivity contribution >= 4 is 5.97 Å². The van der Waals surface area contributed by atoms with Crippen molar-refractivity contribution in [3.8, 4) is 5.75 Å². The molecule has 0 aromatic heterocycles. The Hall–Kier alpha value is -1.51. The molecule has 1 aromatic rings. The molecule has 1 fully saturated rings. The lowest BCUT2D eigenvalue weighted by molar-refractivity contribution is -0.145. The molecule has 1 heterocycles. The summed E-state index contributed by atoms with van der Waals surface area (Å²) >= 11 is 0. The number of aliphatic carboxylic acids is 1. The first-order chi connectivity index (χ1) is 9.22. The molecule has 2 aliphatic rings. The topological polar surface area (TPSA) is 46.5 Å². The second-order valence-electron chi connectivity index (χ2n) is 5.72. The molecule has 3 nitrogen and oxygen atoms in total. The maximum absolute atomic E-state index is 11.8. The van der Waals surface area contributed by atoms with Crippen LogP contribution in [0.25, 0.3) is 0 Å². The predicted octanol–water partition coefficient (Wildman–Crippen LogP) is 3.30. The summed E-state index contributed by atoms with van der Waals surface area (Å²) in [5, 5.41) is 9.72. The molecular formula is C16H20O3. The molecule has 0 radical (unpaired) electrons. The minimum Gasteiger partial charge on any atom is -0.493 e. The van der Waals surface area contributed by atoms with E-state index in [0.29, 0.717) is 0 Å². The highest BCUT2D eigenvalue weighted by Gasteiger charge is 2.41. The number of benzene rings is 1. The quantitative estimate of drug-likeness (QED) is 0.887. The zero-order valence-corrected chi connectivity index (χ0v) is 11.2. The summed E-state index contributed by atoms with van der Waals surface area (Å²) in [7, 11) is 0. The molecule has 0 bridgehead atoms. The molecule has 0 spiro atoms. The van der Waals surface area contributed by atoms with Crippen LogP contribution in [0.1, 0.15) is 49.7 Å². The molecule has 1 N–H and O–H groups in total. The average Bonchev–Trinajstić information content (AvgIpc) is 2.47. The Bertz CT molecular complexity index is 487. The molecule has 19 heavy (non-hydrogen) atoms. The number of carbonyl (C=O) groups is 1. The molecule has 0 unspecified atom stereocenters. The molecule has 1 saturated carbocycles. The summed E-state index contributed by atoms with van der Waals surface area (Å²) in [6.07, 6.45) is 6.74. The molecule has 3 heteroatoms. The van der Waals surface area contributed by atoms with Gasteiger partial charge < -0.3 is 9.84 Å². The van der Waals surface area contributed by atoms with E-state index in [1.807, 2.05) is 12.1 Å². The fourth-order valence-corrected chi connectivity index (χ4v) is 3.44. The maximum Gasteiger partial charge on any atom is 0.314 e. The van der Waals surface area contributed by atoms with Gasteiger partial charge in [-0.3, -0.25) is 4.79 Å². The van der Waals surface area contributed by atoms with Crippen LogP contribution in [0.5, 0.6) is 5.75 Å². The van der Waals surface area contributed by atoms with Gasteiger partial charge in [-0.2, -0.15) is 0 Å². The van der Waals surface area contributed by atoms with Crippen LogP contribution in [0.15, 0.2) is 18.2 Å². The van der Waals surface area contributed by atoms with E-state index in [0.717, 1.165) is 62.9 Å². The fraction of sp³-hybridized carbons (Fsp3) is 0.562. The maximum atomic E-state index is 11.8. The smallest absolute Gasteiger partial charge is 0.314 e. The summed E-state index contributed by atoms with van der Waals surface area (Å²) in [5.41, 5.74) is 1.49. The first-order valence-electron chi connectivity index (χ1n) is 7.22. The van der Waals surface area contributed by atoms with Crippen LogP contribution in [0.2, 0.25) is 0 Å². The monoisotopic (exact) mass is 260 g/mol. The first kappa shape index (κ1) is 12.5. The van der Waals surface area contributed by atoms with Gasteiger partial charge in [-0.1, -0.05) is 31.4 Å². The lowest BCUT2D eigenvalue weighted by Gasteiger charge is -2.34. The third-order valence-corrected chi connectivity index (χ3v) is 4.58. The van der Waals surface area contributed by atoms with E-state index in [-0.39, 0.29) is 0 Å². The van der Waals surface area contributed by atoms with Crippen molar-refractivity contribution in [2.75, 3.05) is 6.61 Å². The molecule has 1 aromatic carbocycles. The molecule has 102 valence electrons. The highest BCUT2D eigenvalue weighted by atomic mass is 16.5. The Morgan fingerprint density at radius 3 is 2.68 bits per heavy atom. The Morgan fingerprint density at radius 2 is 1.95 bits per heavy atom. The standard InChI is InChI=1S/C16H20O3/c17-15(18)16(8-2-1-3-9-16)13-6-7-14-12(11-13)5-4-10-19-14/h6-7,11H,1-5,8-10H2,(H,17,18). The van der Waals surface area contributed by atoms with Crippen LogP contribution in [0.4, 0.5) is 0 Å². The lowest BCUT2D eigenvalue weighted by Crippen LogP contribution is -2.38. The zero-order valence-electron chi connectivity index (χ0n) is 11.2. The van der Waals surface area contributed by atoms with E-state index < -0.39 is 11.4 Å². The van der Waals surface area contributed by atoms with Gasteiger partial charge in [-0.25, -0.2) is 0 Å². The van der Waals surface area contributed by atoms with E-state index in [9.17, 15) is 9.90 Å². The van der Waals surface area contributed by atoms with Crippen LogP contribution in [0.3, 0.4) is 0 Å². The molecule has 3 rings (SSSR count). The number of ether oxygens (including phenoxy) is 1. The van der Waals surface area contributed by atoms with Crippen LogP contribution in [-0.2, 0) is 16.6 Å². The number of fused-ring (bicyclic) bond motifs is 1. The van der Waals surface area contributed by atoms with E-state index in [1.54, 1.807) is 0 Å². The Labute approximate surface area is 113 Å². The van der Waals surface area contributed by atoms with Gasteiger partial charge in [0.15, 0.2) is 0 Å². The summed E-state index contributed by atoms with van der Waals surface area (Å²) in [5.74, 6) is 0.273. The van der Waals surface area contributed by atoms with E-state index >= 15 is 0 Å². The van der Waals surface area contributed by atoms with Crippen molar-refractivity contribution in [2.45, 2.75) is 50.4 Å². The number of carboxylic acid groups (broad SMARTS) is 1. The normalized spacial score (nSPS) is 21.3. The van der Waals surface area contributed by atoms with Crippen molar-refractivity contribution in [3.63, 3.8) is 0 Å². The summed E-state index contributed by atoms with van der Waals surface area (Å²) < 4.78 is 5.61. The largest absolute Gasteiger partial charge is 0.493 e. The fourth-order valence-electron chi connectivity index (χ4n) is 3.44. The molecule has 0 atom stereocenters. The second kappa shape index (κ2) is 4.87. The van der Waals surface area contributed by atoms with E-state index in [2.05, 4.69) is 6.07 Å². The van der Waals surface area contributed by atoms with E-state index in [1.165, 1.54) is 5.56 Å². The third-order valence-electron chi connectivity index (χ3n) is 4.58. The van der Waals surface area contributed by atoms with E-state index in [4.69, 9.17) is 4.74 Å². The van der Waals surface area contributed by atoms with Gasteiger partial charge in [-0.15, -0.1) is 0 Å². The number of rotatable bonds is 2. The minimum atomic E-state index is -0.663. The average molecular weight is 260 g/mol. The zero-order chi connectivity index (χ0) is 13.3. The van der Waals surface area contributed by atoms with Gasteiger partial charge in [0.1, 0.15) is 5.75 Å². The molecule has 1 aliphatic heterocycles. The molecule has 0 saturated heterocycles. The van der Waals surface area contributed by atoms with Gasteiger partial charge in [0.05, 0.1) is 12.0 Å². The number of hydrogen-bond donors (Lipinski definition) is 1. The van der Waals surface area contributed by atoms with Gasteiger partial charge in [0, 0.05) is 0 Å². The van der Waals surface area contributed by atoms with Crippen LogP contribution >= 0.6 is 0 Å². The van der Waals surface area contributed by atoms with Gasteiger partial charge in [-0.05, 0) is 42.9 Å². The summed E-state index contributed by atoms with van der Waals surface area (Å²) in [4.78, 5) is 11.8. The molecular weight excluding hydrogens is 240 g/mol. The Balaban J connectivity index is 2.01. The van der Waals surface area contributed by atoms with Gasteiger partial charge >= 0.3 is 5.97 Å². The Morgan fingerprint density at radius 1 is 1.16 bits per heavy atom. The van der Waals surface area contributed by atoms with Crippen molar-refractivity contribution < 1.29 is 14.6 Å². The second-order valence-corrected chi connectivity index (χ2v) is 5.72. The van der Waals surface area contributed by atoms with Crippen LogP contribution in [0, 0.1) is 0 Å². The first-order valence-corrected chi connectivity index (χ1v) is 7.22. The Kier molecular flexibility index (Phi) is 3.21. The molecule has 0 amide bonds. The number of carboxylic acids is 1. The number of aryl methyl sites for hydroxylation is 1. The summed E-state index contributed by atoms with van der Waals surface area (Å²) in [6, 6.07) is 6.00. The van der Waals surface area contributed by atoms with Crippen LogP contribution < -0.4 is 4.74 Å². The highest BCUT2D eigenvalue weighted by Crippen LogP contribution is 2.41. The van der Waals surface area contributed by atoms with Crippen molar-refractivity contribution in [2.24, 2.45) is 0 Å². The lowest BCUT2D eigenvalue weighted by atomic mass is 9.69. The van der Waals surface area contributed by atoms with Crippen molar-refractivity contribution in [1.29, 1.82) is 0 Å². The predicted molar refractivity (Wildman–Crippen MR) is 72.7 cm³/mol. The highest BCUT2D eigenvalue weighted by molar-refractivity contribution is 5.81. The van der Waals surface area contributed by atoms with Crippen LogP contribution in [-0.4, -0.2) is 17.7 Å². The van der Waals surface area contributed by atoms with Gasteiger partial charge in [0.2, 0.25) is 0 Å². The number of hydrogen-bond acceptors (Lipinski definition) is 2. The molecule has 1 aliphatic carbocycles. The minimum absolute atomic E-state index is 0.662. The van der Waals surface area contributed by atoms with Gasteiger partial charge in [0.25, 0.3) is 0 Å². The van der Waals surface area contributed by atoms with Crippen molar-refractivity contribution in [1.82, 2.24) is 0 Å².